The van der Waals surface area contributed by atoms with Crippen LogP contribution in [-0.4, -0.2) is 31.4 Å². The van der Waals surface area contributed by atoms with Gasteiger partial charge in [-0.2, -0.15) is 5.10 Å². The lowest BCUT2D eigenvalue weighted by Crippen LogP contribution is -2.15. The van der Waals surface area contributed by atoms with Gasteiger partial charge in [0.2, 0.25) is 5.91 Å². The highest BCUT2D eigenvalue weighted by molar-refractivity contribution is 7.99. The lowest BCUT2D eigenvalue weighted by Gasteiger charge is -2.06. The Labute approximate surface area is 162 Å². The summed E-state index contributed by atoms with van der Waals surface area (Å²) in [6.07, 6.45) is 1.46. The van der Waals surface area contributed by atoms with Crippen molar-refractivity contribution in [1.82, 2.24) is 19.7 Å². The summed E-state index contributed by atoms with van der Waals surface area (Å²) in [5, 5.41) is 7.49. The summed E-state index contributed by atoms with van der Waals surface area (Å²) < 4.78 is 14.8. The number of aromatic amines is 1. The first kappa shape index (κ1) is 17.9. The topological polar surface area (TPSA) is 92.7 Å². The van der Waals surface area contributed by atoms with E-state index in [0.29, 0.717) is 21.9 Å². The minimum Gasteiger partial charge on any atom is -0.325 e. The van der Waals surface area contributed by atoms with Gasteiger partial charge in [0.05, 0.1) is 17.6 Å². The number of nitrogens with zero attached hydrogens (tertiary/aromatic N) is 3. The van der Waals surface area contributed by atoms with Crippen LogP contribution in [0.2, 0.25) is 0 Å². The van der Waals surface area contributed by atoms with E-state index in [1.807, 2.05) is 30.3 Å². The van der Waals surface area contributed by atoms with Gasteiger partial charge in [-0.1, -0.05) is 36.0 Å². The third-order valence-corrected chi connectivity index (χ3v) is 4.74. The van der Waals surface area contributed by atoms with Crippen LogP contribution in [0.25, 0.3) is 16.7 Å². The number of aromatic nitrogens is 4. The Kier molecular flexibility index (Phi) is 4.90. The van der Waals surface area contributed by atoms with Gasteiger partial charge in [0.25, 0.3) is 5.56 Å². The van der Waals surface area contributed by atoms with E-state index < -0.39 is 5.82 Å². The number of hydrogen-bond donors (Lipinski definition) is 2. The van der Waals surface area contributed by atoms with E-state index in [-0.39, 0.29) is 17.2 Å². The molecule has 2 N–H and O–H groups in total. The van der Waals surface area contributed by atoms with Crippen molar-refractivity contribution < 1.29 is 9.18 Å². The third kappa shape index (κ3) is 3.79. The highest BCUT2D eigenvalue weighted by atomic mass is 32.2. The Hall–Kier alpha value is -3.46. The maximum absolute atomic E-state index is 13.2. The number of rotatable bonds is 5. The van der Waals surface area contributed by atoms with Crippen molar-refractivity contribution in [3.8, 4) is 5.69 Å². The molecule has 28 heavy (non-hydrogen) atoms. The average Bonchev–Trinajstić information content (AvgIpc) is 3.12. The van der Waals surface area contributed by atoms with Crippen molar-refractivity contribution in [3.05, 3.63) is 77.0 Å². The molecule has 2 heterocycles. The molecule has 0 aliphatic rings. The summed E-state index contributed by atoms with van der Waals surface area (Å²) in [5.41, 5.74) is 1.21. The molecule has 2 aromatic heterocycles. The average molecular weight is 395 g/mol. The Balaban J connectivity index is 1.54. The molecule has 7 nitrogen and oxygen atoms in total. The smallest absolute Gasteiger partial charge is 0.262 e. The van der Waals surface area contributed by atoms with E-state index in [0.717, 1.165) is 17.4 Å². The molecule has 9 heteroatoms. The molecule has 4 rings (SSSR count). The van der Waals surface area contributed by atoms with Gasteiger partial charge in [-0.05, 0) is 30.3 Å². The number of carbonyl (C=O) groups is 1. The number of fused-ring (bicyclic) bond motifs is 1. The predicted molar refractivity (Wildman–Crippen MR) is 105 cm³/mol. The van der Waals surface area contributed by atoms with Crippen molar-refractivity contribution in [2.24, 2.45) is 0 Å². The van der Waals surface area contributed by atoms with Crippen LogP contribution in [0.1, 0.15) is 0 Å². The zero-order valence-corrected chi connectivity index (χ0v) is 15.2. The Morgan fingerprint density at radius 2 is 2.00 bits per heavy atom. The molecule has 0 aliphatic carbocycles. The van der Waals surface area contributed by atoms with Gasteiger partial charge in [0.15, 0.2) is 10.8 Å². The van der Waals surface area contributed by atoms with Gasteiger partial charge < -0.3 is 10.3 Å². The number of halogens is 1. The van der Waals surface area contributed by atoms with Crippen molar-refractivity contribution in [1.29, 1.82) is 0 Å². The van der Waals surface area contributed by atoms with Crippen LogP contribution >= 0.6 is 11.8 Å². The fourth-order valence-electron chi connectivity index (χ4n) is 2.62. The van der Waals surface area contributed by atoms with E-state index in [2.05, 4.69) is 20.4 Å². The van der Waals surface area contributed by atoms with Crippen molar-refractivity contribution in [2.75, 3.05) is 11.1 Å². The monoisotopic (exact) mass is 395 g/mol. The predicted octanol–water partition coefficient (Wildman–Crippen LogP) is 2.98. The van der Waals surface area contributed by atoms with Crippen LogP contribution in [0.5, 0.6) is 0 Å². The van der Waals surface area contributed by atoms with E-state index in [1.165, 1.54) is 24.4 Å². The number of benzene rings is 2. The molecule has 0 aliphatic heterocycles. The summed E-state index contributed by atoms with van der Waals surface area (Å²) in [7, 11) is 0. The van der Waals surface area contributed by atoms with Gasteiger partial charge in [-0.15, -0.1) is 0 Å². The molecular weight excluding hydrogens is 381 g/mol. The number of nitrogens with one attached hydrogen (secondary N) is 2. The molecule has 0 bridgehead atoms. The van der Waals surface area contributed by atoms with E-state index in [4.69, 9.17) is 0 Å². The van der Waals surface area contributed by atoms with Crippen molar-refractivity contribution >= 4 is 34.4 Å². The zero-order chi connectivity index (χ0) is 19.5. The second-order valence-electron chi connectivity index (χ2n) is 5.85. The van der Waals surface area contributed by atoms with Crippen molar-refractivity contribution in [2.45, 2.75) is 5.16 Å². The number of anilines is 1. The lowest BCUT2D eigenvalue weighted by molar-refractivity contribution is -0.113. The summed E-state index contributed by atoms with van der Waals surface area (Å²) in [6.45, 7) is 0. The van der Waals surface area contributed by atoms with Crippen LogP contribution in [0, 0.1) is 5.82 Å². The molecule has 4 aromatic rings. The van der Waals surface area contributed by atoms with Crippen molar-refractivity contribution in [3.63, 3.8) is 0 Å². The summed E-state index contributed by atoms with van der Waals surface area (Å²) in [4.78, 5) is 31.5. The summed E-state index contributed by atoms with van der Waals surface area (Å²) in [6, 6.07) is 14.9. The van der Waals surface area contributed by atoms with E-state index >= 15 is 0 Å². The number of H-pyrrole nitrogens is 1. The Morgan fingerprint density at radius 1 is 1.18 bits per heavy atom. The van der Waals surface area contributed by atoms with Crippen LogP contribution in [0.4, 0.5) is 10.1 Å². The summed E-state index contributed by atoms with van der Waals surface area (Å²) in [5.74, 6) is -0.768. The maximum Gasteiger partial charge on any atom is 0.262 e. The third-order valence-electron chi connectivity index (χ3n) is 3.87. The SMILES string of the molecule is O=C(CSc1nc2c(cnn2-c2ccccc2)c(=O)[nH]1)Nc1cccc(F)c1. The largest absolute Gasteiger partial charge is 0.325 e. The maximum atomic E-state index is 13.2. The molecule has 0 saturated carbocycles. The number of thioether (sulfide) groups is 1. The molecule has 0 spiro atoms. The second kappa shape index (κ2) is 7.65. The molecular formula is C19H14FN5O2S. The van der Waals surface area contributed by atoms with Gasteiger partial charge in [-0.25, -0.2) is 14.1 Å². The fourth-order valence-corrected chi connectivity index (χ4v) is 3.28. The Morgan fingerprint density at radius 3 is 2.79 bits per heavy atom. The van der Waals surface area contributed by atoms with E-state index in [9.17, 15) is 14.0 Å². The molecule has 0 atom stereocenters. The molecule has 1 amide bonds. The van der Waals surface area contributed by atoms with Gasteiger partial charge in [0, 0.05) is 5.69 Å². The standard InChI is InChI=1S/C19H14FN5O2S/c20-12-5-4-6-13(9-12)22-16(26)11-28-19-23-17-15(18(27)24-19)10-21-25(17)14-7-2-1-3-8-14/h1-10H,11H2,(H,22,26)(H,23,24,27). The van der Waals surface area contributed by atoms with Crippen LogP contribution in [-0.2, 0) is 4.79 Å². The molecule has 0 radical (unpaired) electrons. The lowest BCUT2D eigenvalue weighted by atomic mass is 10.3. The fraction of sp³-hybridized carbons (Fsp3) is 0.0526. The van der Waals surface area contributed by atoms with Crippen LogP contribution in [0.15, 0.2) is 70.7 Å². The minimum absolute atomic E-state index is 0.00440. The van der Waals surface area contributed by atoms with Gasteiger partial charge in [-0.3, -0.25) is 9.59 Å². The molecule has 0 unspecified atom stereocenters. The molecule has 2 aromatic carbocycles. The molecule has 0 saturated heterocycles. The van der Waals surface area contributed by atoms with Crippen LogP contribution < -0.4 is 10.9 Å². The van der Waals surface area contributed by atoms with Gasteiger partial charge in [0.1, 0.15) is 11.2 Å². The van der Waals surface area contributed by atoms with Gasteiger partial charge >= 0.3 is 0 Å². The highest BCUT2D eigenvalue weighted by Crippen LogP contribution is 2.18. The molecule has 0 fully saturated rings. The highest BCUT2D eigenvalue weighted by Gasteiger charge is 2.13. The van der Waals surface area contributed by atoms with Crippen LogP contribution in [0.3, 0.4) is 0 Å². The first-order valence-electron chi connectivity index (χ1n) is 8.32. The normalized spacial score (nSPS) is 10.9. The van der Waals surface area contributed by atoms with E-state index in [1.54, 1.807) is 10.7 Å². The number of hydrogen-bond acceptors (Lipinski definition) is 5. The number of amides is 1. The number of carbonyl (C=O) groups excluding carboxylic acids is 1. The molecule has 140 valence electrons. The first-order chi connectivity index (χ1) is 13.6. The number of para-hydroxylation sites is 1. The second-order valence-corrected chi connectivity index (χ2v) is 6.81. The summed E-state index contributed by atoms with van der Waals surface area (Å²) >= 11 is 1.07. The quantitative estimate of drug-likeness (QED) is 0.400. The first-order valence-corrected chi connectivity index (χ1v) is 9.30. The minimum atomic E-state index is -0.434. The zero-order valence-electron chi connectivity index (χ0n) is 14.4. The Bertz CT molecular complexity index is 1210.